The predicted molar refractivity (Wildman–Crippen MR) is 77.3 cm³/mol. The molecule has 106 valence electrons. The second-order valence-electron chi connectivity index (χ2n) is 5.18. The van der Waals surface area contributed by atoms with E-state index in [9.17, 15) is 5.11 Å². The summed E-state index contributed by atoms with van der Waals surface area (Å²) in [4.78, 5) is 2.44. The van der Waals surface area contributed by atoms with E-state index in [1.807, 2.05) is 0 Å². The molecule has 1 aromatic carbocycles. The first-order valence-corrected chi connectivity index (χ1v) is 7.13. The second-order valence-corrected chi connectivity index (χ2v) is 5.18. The van der Waals surface area contributed by atoms with Crippen molar-refractivity contribution < 1.29 is 10.2 Å². The Morgan fingerprint density at radius 3 is 2.42 bits per heavy atom. The van der Waals surface area contributed by atoms with E-state index in [2.05, 4.69) is 34.5 Å². The summed E-state index contributed by atoms with van der Waals surface area (Å²) in [5.74, 6) is 0. The van der Waals surface area contributed by atoms with E-state index >= 15 is 0 Å². The van der Waals surface area contributed by atoms with E-state index in [0.717, 1.165) is 6.54 Å². The lowest BCUT2D eigenvalue weighted by Gasteiger charge is -2.28. The Bertz CT molecular complexity index is 361. The molecule has 0 aliphatic carbocycles. The molecule has 2 rings (SSSR count). The van der Waals surface area contributed by atoms with Gasteiger partial charge in [0.15, 0.2) is 0 Å². The number of hydrogen-bond donors (Lipinski definition) is 3. The van der Waals surface area contributed by atoms with Crippen molar-refractivity contribution in [2.24, 2.45) is 0 Å². The topological polar surface area (TPSA) is 55.7 Å². The summed E-state index contributed by atoms with van der Waals surface area (Å²) < 4.78 is 0. The van der Waals surface area contributed by atoms with Crippen LogP contribution in [0.15, 0.2) is 24.3 Å². The molecule has 1 atom stereocenters. The van der Waals surface area contributed by atoms with Crippen molar-refractivity contribution in [2.75, 3.05) is 31.1 Å². The number of benzene rings is 1. The monoisotopic (exact) mass is 264 g/mol. The van der Waals surface area contributed by atoms with Gasteiger partial charge in [0.25, 0.3) is 0 Å². The summed E-state index contributed by atoms with van der Waals surface area (Å²) >= 11 is 0. The first-order chi connectivity index (χ1) is 9.29. The van der Waals surface area contributed by atoms with Gasteiger partial charge in [-0.25, -0.2) is 0 Å². The fraction of sp³-hybridized carbons (Fsp3) is 0.600. The molecule has 0 radical (unpaired) electrons. The van der Waals surface area contributed by atoms with Crippen LogP contribution in [0.1, 0.15) is 24.8 Å². The maximum atomic E-state index is 9.23. The summed E-state index contributed by atoms with van der Waals surface area (Å²) in [6.45, 7) is 3.28. The van der Waals surface area contributed by atoms with Crippen LogP contribution in [0, 0.1) is 0 Å². The van der Waals surface area contributed by atoms with Crippen LogP contribution in [0.4, 0.5) is 5.69 Å². The SMILES string of the molecule is OCC(O)CNCc1ccc(N2CCCCC2)cc1. The van der Waals surface area contributed by atoms with E-state index < -0.39 is 6.10 Å². The highest BCUT2D eigenvalue weighted by atomic mass is 16.3. The summed E-state index contributed by atoms with van der Waals surface area (Å²) in [6, 6.07) is 8.60. The van der Waals surface area contributed by atoms with Crippen LogP contribution in [0.2, 0.25) is 0 Å². The summed E-state index contributed by atoms with van der Waals surface area (Å²) in [6.07, 6.45) is 3.27. The molecule has 4 nitrogen and oxygen atoms in total. The molecule has 1 unspecified atom stereocenters. The molecular weight excluding hydrogens is 240 g/mol. The third-order valence-electron chi connectivity index (χ3n) is 3.58. The molecule has 1 heterocycles. The Morgan fingerprint density at radius 2 is 1.79 bits per heavy atom. The Morgan fingerprint density at radius 1 is 1.11 bits per heavy atom. The number of piperidine rings is 1. The average molecular weight is 264 g/mol. The number of nitrogens with one attached hydrogen (secondary N) is 1. The predicted octanol–water partition coefficient (Wildman–Crippen LogP) is 1.12. The van der Waals surface area contributed by atoms with Crippen LogP contribution in [0.3, 0.4) is 0 Å². The number of rotatable bonds is 6. The lowest BCUT2D eigenvalue weighted by Crippen LogP contribution is -2.29. The lowest BCUT2D eigenvalue weighted by molar-refractivity contribution is 0.0942. The Balaban J connectivity index is 1.80. The van der Waals surface area contributed by atoms with Gasteiger partial charge in [0, 0.05) is 31.9 Å². The molecule has 0 spiro atoms. The molecule has 0 saturated carbocycles. The van der Waals surface area contributed by atoms with Crippen molar-refractivity contribution in [1.82, 2.24) is 5.32 Å². The minimum Gasteiger partial charge on any atom is -0.394 e. The van der Waals surface area contributed by atoms with Gasteiger partial charge < -0.3 is 20.4 Å². The molecule has 1 aliphatic rings. The Labute approximate surface area is 115 Å². The zero-order valence-corrected chi connectivity index (χ0v) is 11.4. The number of hydrogen-bond acceptors (Lipinski definition) is 4. The molecule has 1 aromatic rings. The van der Waals surface area contributed by atoms with Gasteiger partial charge in [0.05, 0.1) is 12.7 Å². The molecular formula is C15H24N2O2. The summed E-state index contributed by atoms with van der Waals surface area (Å²) in [5, 5.41) is 21.1. The van der Waals surface area contributed by atoms with Crippen LogP contribution in [-0.2, 0) is 6.54 Å². The third kappa shape index (κ3) is 4.49. The van der Waals surface area contributed by atoms with Crippen molar-refractivity contribution in [1.29, 1.82) is 0 Å². The minimum atomic E-state index is -0.673. The van der Waals surface area contributed by atoms with E-state index in [-0.39, 0.29) is 6.61 Å². The summed E-state index contributed by atoms with van der Waals surface area (Å²) in [5.41, 5.74) is 2.50. The molecule has 0 bridgehead atoms. The van der Waals surface area contributed by atoms with E-state index in [1.165, 1.54) is 43.6 Å². The van der Waals surface area contributed by atoms with E-state index in [4.69, 9.17) is 5.11 Å². The highest BCUT2D eigenvalue weighted by Gasteiger charge is 2.10. The smallest absolute Gasteiger partial charge is 0.0895 e. The zero-order chi connectivity index (χ0) is 13.5. The van der Waals surface area contributed by atoms with Gasteiger partial charge in [-0.05, 0) is 37.0 Å². The standard InChI is InChI=1S/C15H24N2O2/c18-12-15(19)11-16-10-13-4-6-14(7-5-13)17-8-2-1-3-9-17/h4-7,15-16,18-19H,1-3,8-12H2. The molecule has 1 saturated heterocycles. The van der Waals surface area contributed by atoms with Gasteiger partial charge in [0.2, 0.25) is 0 Å². The largest absolute Gasteiger partial charge is 0.394 e. The van der Waals surface area contributed by atoms with Crippen LogP contribution in [0.25, 0.3) is 0 Å². The van der Waals surface area contributed by atoms with Gasteiger partial charge in [-0.3, -0.25) is 0 Å². The molecule has 3 N–H and O–H groups in total. The third-order valence-corrected chi connectivity index (χ3v) is 3.58. The number of aliphatic hydroxyl groups is 2. The van der Waals surface area contributed by atoms with E-state index in [0.29, 0.717) is 6.54 Å². The maximum absolute atomic E-state index is 9.23. The van der Waals surface area contributed by atoms with Gasteiger partial charge in [-0.2, -0.15) is 0 Å². The van der Waals surface area contributed by atoms with Crippen LogP contribution in [0.5, 0.6) is 0 Å². The fourth-order valence-electron chi connectivity index (χ4n) is 2.42. The number of anilines is 1. The summed E-state index contributed by atoms with van der Waals surface area (Å²) in [7, 11) is 0. The average Bonchev–Trinajstić information content (AvgIpc) is 2.48. The van der Waals surface area contributed by atoms with Crippen molar-refractivity contribution in [3.63, 3.8) is 0 Å². The highest BCUT2D eigenvalue weighted by molar-refractivity contribution is 5.47. The molecule has 4 heteroatoms. The van der Waals surface area contributed by atoms with Crippen LogP contribution in [-0.4, -0.2) is 42.6 Å². The van der Waals surface area contributed by atoms with Crippen molar-refractivity contribution >= 4 is 5.69 Å². The number of aliphatic hydroxyl groups excluding tert-OH is 2. The van der Waals surface area contributed by atoms with Gasteiger partial charge in [-0.15, -0.1) is 0 Å². The maximum Gasteiger partial charge on any atom is 0.0895 e. The van der Waals surface area contributed by atoms with Crippen LogP contribution >= 0.6 is 0 Å². The normalized spacial score (nSPS) is 17.5. The second kappa shape index (κ2) is 7.48. The fourth-order valence-corrected chi connectivity index (χ4v) is 2.42. The molecule has 0 aromatic heterocycles. The molecule has 1 fully saturated rings. The Hall–Kier alpha value is -1.10. The lowest BCUT2D eigenvalue weighted by atomic mass is 10.1. The van der Waals surface area contributed by atoms with E-state index in [1.54, 1.807) is 0 Å². The molecule has 1 aliphatic heterocycles. The van der Waals surface area contributed by atoms with Crippen molar-refractivity contribution in [3.8, 4) is 0 Å². The van der Waals surface area contributed by atoms with Crippen LogP contribution < -0.4 is 10.2 Å². The molecule has 0 amide bonds. The number of nitrogens with zero attached hydrogens (tertiary/aromatic N) is 1. The minimum absolute atomic E-state index is 0.194. The van der Waals surface area contributed by atoms with Gasteiger partial charge in [-0.1, -0.05) is 12.1 Å². The first kappa shape index (κ1) is 14.3. The van der Waals surface area contributed by atoms with Gasteiger partial charge >= 0.3 is 0 Å². The van der Waals surface area contributed by atoms with Crippen molar-refractivity contribution in [3.05, 3.63) is 29.8 Å². The van der Waals surface area contributed by atoms with Gasteiger partial charge in [0.1, 0.15) is 0 Å². The first-order valence-electron chi connectivity index (χ1n) is 7.13. The van der Waals surface area contributed by atoms with Crippen molar-refractivity contribution in [2.45, 2.75) is 31.9 Å². The molecule has 19 heavy (non-hydrogen) atoms. The highest BCUT2D eigenvalue weighted by Crippen LogP contribution is 2.20. The zero-order valence-electron chi connectivity index (χ0n) is 11.4. The Kier molecular flexibility index (Phi) is 5.63. The quantitative estimate of drug-likeness (QED) is 0.721.